The van der Waals surface area contributed by atoms with E-state index < -0.39 is 20.0 Å². The Hall–Kier alpha value is -0.140. The van der Waals surface area contributed by atoms with Crippen molar-refractivity contribution in [2.45, 2.75) is 59.8 Å². The lowest BCUT2D eigenvalue weighted by atomic mass is 10.3. The number of rotatable bonds is 10. The molecule has 1 N–H and O–H groups in total. The standard InChI is InChI=1S/C10H23NO4S2.CH4/c1-3-5-7-9-16(12,13)11-17(14,15)10-8-6-4-2;/h11H,3-10H2,1-2H3;1H4. The van der Waals surface area contributed by atoms with E-state index in [2.05, 4.69) is 0 Å². The quantitative estimate of drug-likeness (QED) is 0.628. The van der Waals surface area contributed by atoms with E-state index in [0.717, 1.165) is 25.7 Å². The van der Waals surface area contributed by atoms with E-state index in [4.69, 9.17) is 0 Å². The van der Waals surface area contributed by atoms with Gasteiger partial charge in [-0.05, 0) is 12.8 Å². The largest absolute Gasteiger partial charge is 0.224 e. The average molecular weight is 301 g/mol. The zero-order chi connectivity index (χ0) is 13.4. The van der Waals surface area contributed by atoms with Gasteiger partial charge in [0.1, 0.15) is 0 Å². The molecular weight excluding hydrogens is 274 g/mol. The van der Waals surface area contributed by atoms with Crippen molar-refractivity contribution in [2.75, 3.05) is 11.5 Å². The van der Waals surface area contributed by atoms with Gasteiger partial charge in [0.25, 0.3) is 0 Å². The monoisotopic (exact) mass is 301 g/mol. The molecule has 0 bridgehead atoms. The molecule has 5 nitrogen and oxygen atoms in total. The van der Waals surface area contributed by atoms with Gasteiger partial charge in [-0.1, -0.05) is 47.0 Å². The molecular formula is C11H27NO4S2. The van der Waals surface area contributed by atoms with Crippen molar-refractivity contribution in [1.82, 2.24) is 4.13 Å². The van der Waals surface area contributed by atoms with Crippen LogP contribution in [0, 0.1) is 0 Å². The van der Waals surface area contributed by atoms with E-state index in [-0.39, 0.29) is 18.9 Å². The fourth-order valence-electron chi connectivity index (χ4n) is 1.36. The normalized spacial score (nSPS) is 12.1. The zero-order valence-corrected chi connectivity index (χ0v) is 12.2. The predicted molar refractivity (Wildman–Crippen MR) is 76.5 cm³/mol. The van der Waals surface area contributed by atoms with Crippen molar-refractivity contribution >= 4 is 20.0 Å². The Morgan fingerprint density at radius 2 is 1.06 bits per heavy atom. The van der Waals surface area contributed by atoms with E-state index in [1.165, 1.54) is 0 Å². The fourth-order valence-corrected chi connectivity index (χ4v) is 4.74. The van der Waals surface area contributed by atoms with Crippen molar-refractivity contribution in [3.8, 4) is 0 Å². The number of sulfonamides is 2. The number of unbranched alkanes of at least 4 members (excludes halogenated alkanes) is 4. The van der Waals surface area contributed by atoms with Crippen LogP contribution in [0.1, 0.15) is 59.8 Å². The van der Waals surface area contributed by atoms with Gasteiger partial charge in [-0.3, -0.25) is 0 Å². The molecule has 0 saturated heterocycles. The molecule has 0 aliphatic rings. The highest BCUT2D eigenvalue weighted by molar-refractivity contribution is 8.04. The smallest absolute Gasteiger partial charge is 0.211 e. The summed E-state index contributed by atoms with van der Waals surface area (Å²) in [5, 5.41) is 0. The SMILES string of the molecule is C.CCCCCS(=O)(=O)NS(=O)(=O)CCCCC. The summed E-state index contributed by atoms with van der Waals surface area (Å²) < 4.78 is 47.6. The third kappa shape index (κ3) is 11.0. The van der Waals surface area contributed by atoms with E-state index in [1.54, 1.807) is 4.13 Å². The minimum Gasteiger partial charge on any atom is -0.211 e. The summed E-state index contributed by atoms with van der Waals surface area (Å²) in [5.74, 6) is -0.234. The van der Waals surface area contributed by atoms with E-state index >= 15 is 0 Å². The summed E-state index contributed by atoms with van der Waals surface area (Å²) in [6.07, 6.45) is 4.37. The lowest BCUT2D eigenvalue weighted by Crippen LogP contribution is -2.34. The molecule has 18 heavy (non-hydrogen) atoms. The fraction of sp³-hybridized carbons (Fsp3) is 1.00. The van der Waals surface area contributed by atoms with Crippen LogP contribution in [-0.2, 0) is 20.0 Å². The van der Waals surface area contributed by atoms with Crippen molar-refractivity contribution < 1.29 is 16.8 Å². The second-order valence-corrected chi connectivity index (χ2v) is 8.08. The molecule has 0 saturated carbocycles. The molecule has 0 amide bonds. The first-order valence-corrected chi connectivity index (χ1v) is 9.37. The Balaban J connectivity index is 0. The van der Waals surface area contributed by atoms with Crippen LogP contribution in [-0.4, -0.2) is 28.3 Å². The van der Waals surface area contributed by atoms with Crippen molar-refractivity contribution in [2.24, 2.45) is 0 Å². The number of hydrogen-bond donors (Lipinski definition) is 1. The summed E-state index contributed by atoms with van der Waals surface area (Å²) in [6, 6.07) is 0. The summed E-state index contributed by atoms with van der Waals surface area (Å²) >= 11 is 0. The Morgan fingerprint density at radius 1 is 0.722 bits per heavy atom. The topological polar surface area (TPSA) is 80.3 Å². The van der Waals surface area contributed by atoms with Gasteiger partial charge in [0.05, 0.1) is 11.5 Å². The lowest BCUT2D eigenvalue weighted by molar-refractivity contribution is 0.571. The van der Waals surface area contributed by atoms with Gasteiger partial charge < -0.3 is 0 Å². The maximum absolute atomic E-state index is 11.5. The highest BCUT2D eigenvalue weighted by Gasteiger charge is 2.19. The minimum atomic E-state index is -3.69. The Kier molecular flexibility index (Phi) is 10.9. The molecule has 0 fully saturated rings. The summed E-state index contributed by atoms with van der Waals surface area (Å²) in [6.45, 7) is 3.92. The van der Waals surface area contributed by atoms with Crippen LogP contribution < -0.4 is 4.13 Å². The third-order valence-corrected chi connectivity index (χ3v) is 5.97. The van der Waals surface area contributed by atoms with Gasteiger partial charge in [-0.25, -0.2) is 16.8 Å². The van der Waals surface area contributed by atoms with Crippen molar-refractivity contribution in [3.05, 3.63) is 0 Å². The Bertz CT molecular complexity index is 349. The molecule has 0 aromatic rings. The number of hydrogen-bond acceptors (Lipinski definition) is 4. The van der Waals surface area contributed by atoms with Crippen LogP contribution in [0.2, 0.25) is 0 Å². The molecule has 0 rings (SSSR count). The van der Waals surface area contributed by atoms with Crippen molar-refractivity contribution in [1.29, 1.82) is 0 Å². The average Bonchev–Trinajstić information content (AvgIpc) is 2.16. The Morgan fingerprint density at radius 3 is 1.33 bits per heavy atom. The maximum atomic E-state index is 11.5. The van der Waals surface area contributed by atoms with E-state index in [0.29, 0.717) is 12.8 Å². The number of nitrogens with one attached hydrogen (secondary N) is 1. The molecule has 0 aliphatic carbocycles. The summed E-state index contributed by atoms with van der Waals surface area (Å²) in [4.78, 5) is 0. The molecule has 7 heteroatoms. The van der Waals surface area contributed by atoms with Gasteiger partial charge in [-0.2, -0.15) is 0 Å². The third-order valence-electron chi connectivity index (χ3n) is 2.29. The summed E-state index contributed by atoms with van der Waals surface area (Å²) in [7, 11) is -7.37. The van der Waals surface area contributed by atoms with Gasteiger partial charge in [0.15, 0.2) is 0 Å². The van der Waals surface area contributed by atoms with E-state index in [9.17, 15) is 16.8 Å². The van der Waals surface area contributed by atoms with E-state index in [1.807, 2.05) is 13.8 Å². The highest BCUT2D eigenvalue weighted by Crippen LogP contribution is 2.02. The Labute approximate surface area is 112 Å². The first kappa shape index (κ1) is 20.2. The summed E-state index contributed by atoms with van der Waals surface area (Å²) in [5.41, 5.74) is 0. The minimum absolute atomic E-state index is 0. The van der Waals surface area contributed by atoms with Crippen LogP contribution in [0.15, 0.2) is 0 Å². The second-order valence-electron chi connectivity index (χ2n) is 4.14. The molecule has 0 aromatic heterocycles. The van der Waals surface area contributed by atoms with Crippen LogP contribution in [0.5, 0.6) is 0 Å². The molecule has 0 spiro atoms. The first-order chi connectivity index (χ1) is 7.83. The molecule has 0 radical (unpaired) electrons. The van der Waals surface area contributed by atoms with Crippen LogP contribution >= 0.6 is 0 Å². The van der Waals surface area contributed by atoms with Crippen LogP contribution in [0.4, 0.5) is 0 Å². The van der Waals surface area contributed by atoms with Gasteiger partial charge >= 0.3 is 0 Å². The van der Waals surface area contributed by atoms with Gasteiger partial charge in [-0.15, -0.1) is 4.13 Å². The highest BCUT2D eigenvalue weighted by atomic mass is 32.3. The maximum Gasteiger partial charge on any atom is 0.224 e. The molecule has 0 aromatic carbocycles. The first-order valence-electron chi connectivity index (χ1n) is 6.07. The molecule has 112 valence electrons. The second kappa shape index (κ2) is 9.75. The molecule has 0 atom stereocenters. The molecule has 0 heterocycles. The molecule has 0 aliphatic heterocycles. The predicted octanol–water partition coefficient (Wildman–Crippen LogP) is 2.25. The lowest BCUT2D eigenvalue weighted by Gasteiger charge is -2.07. The van der Waals surface area contributed by atoms with Gasteiger partial charge in [0, 0.05) is 0 Å². The van der Waals surface area contributed by atoms with Crippen LogP contribution in [0.3, 0.4) is 0 Å². The van der Waals surface area contributed by atoms with Crippen molar-refractivity contribution in [3.63, 3.8) is 0 Å². The molecule has 0 unspecified atom stereocenters. The van der Waals surface area contributed by atoms with Crippen LogP contribution in [0.25, 0.3) is 0 Å². The zero-order valence-electron chi connectivity index (χ0n) is 10.6. The van der Waals surface area contributed by atoms with Gasteiger partial charge in [0.2, 0.25) is 20.0 Å².